The van der Waals surface area contributed by atoms with Crippen LogP contribution >= 0.6 is 15.9 Å². The molecule has 130 valence electrons. The molecule has 0 aromatic carbocycles. The quantitative estimate of drug-likeness (QED) is 0.754. The molecule has 2 atom stereocenters. The van der Waals surface area contributed by atoms with Gasteiger partial charge in [0.1, 0.15) is 11.4 Å². The van der Waals surface area contributed by atoms with Crippen molar-refractivity contribution in [3.63, 3.8) is 0 Å². The Morgan fingerprint density at radius 3 is 2.61 bits per heavy atom. The van der Waals surface area contributed by atoms with Gasteiger partial charge in [-0.25, -0.2) is 4.79 Å². The van der Waals surface area contributed by atoms with Crippen molar-refractivity contribution in [3.05, 3.63) is 22.6 Å². The van der Waals surface area contributed by atoms with Gasteiger partial charge in [0.15, 0.2) is 0 Å². The fourth-order valence-electron chi connectivity index (χ4n) is 2.86. The Bertz CT molecular complexity index is 510. The van der Waals surface area contributed by atoms with E-state index in [0.29, 0.717) is 6.54 Å². The summed E-state index contributed by atoms with van der Waals surface area (Å²) in [4.78, 5) is 12.1. The molecule has 6 heteroatoms. The van der Waals surface area contributed by atoms with Crippen LogP contribution in [0.3, 0.4) is 0 Å². The number of alkyl carbamates (subject to hydrolysis) is 1. The van der Waals surface area contributed by atoms with Crippen LogP contribution in [0.1, 0.15) is 58.6 Å². The molecule has 2 rings (SSSR count). The van der Waals surface area contributed by atoms with Crippen LogP contribution in [0, 0.1) is 0 Å². The van der Waals surface area contributed by atoms with Gasteiger partial charge in [-0.3, -0.25) is 0 Å². The fraction of sp³-hybridized carbons (Fsp3) is 0.706. The predicted octanol–water partition coefficient (Wildman–Crippen LogP) is 4.36. The first kappa shape index (κ1) is 18.3. The zero-order valence-electron chi connectivity index (χ0n) is 14.2. The predicted molar refractivity (Wildman–Crippen MR) is 93.3 cm³/mol. The number of halogens is 1. The number of rotatable bonds is 4. The largest absolute Gasteiger partial charge is 0.467 e. The molecule has 23 heavy (non-hydrogen) atoms. The van der Waals surface area contributed by atoms with Crippen molar-refractivity contribution in [3.8, 4) is 0 Å². The zero-order chi connectivity index (χ0) is 16.9. The molecule has 2 unspecified atom stereocenters. The van der Waals surface area contributed by atoms with Gasteiger partial charge in [0, 0.05) is 12.1 Å². The van der Waals surface area contributed by atoms with Crippen LogP contribution in [0.5, 0.6) is 0 Å². The summed E-state index contributed by atoms with van der Waals surface area (Å²) in [6.07, 6.45) is 6.84. The minimum atomic E-state index is -0.475. The van der Waals surface area contributed by atoms with Crippen molar-refractivity contribution in [1.29, 1.82) is 0 Å². The second-order valence-corrected chi connectivity index (χ2v) is 7.92. The van der Waals surface area contributed by atoms with Gasteiger partial charge in [0.2, 0.25) is 0 Å². The maximum atomic E-state index is 12.1. The van der Waals surface area contributed by atoms with Gasteiger partial charge >= 0.3 is 6.09 Å². The van der Waals surface area contributed by atoms with Crippen LogP contribution in [0.4, 0.5) is 4.79 Å². The van der Waals surface area contributed by atoms with E-state index in [1.54, 1.807) is 6.26 Å². The normalized spacial score (nSPS) is 22.4. The van der Waals surface area contributed by atoms with Crippen LogP contribution in [0.2, 0.25) is 0 Å². The van der Waals surface area contributed by atoms with E-state index >= 15 is 0 Å². The highest BCUT2D eigenvalue weighted by molar-refractivity contribution is 9.10. The molecular formula is C17H27BrN2O3. The molecule has 0 bridgehead atoms. The van der Waals surface area contributed by atoms with Crippen molar-refractivity contribution >= 4 is 22.0 Å². The lowest BCUT2D eigenvalue weighted by atomic mass is 10.0. The van der Waals surface area contributed by atoms with E-state index in [0.717, 1.165) is 29.5 Å². The molecule has 0 aliphatic heterocycles. The summed E-state index contributed by atoms with van der Waals surface area (Å²) in [6, 6.07) is 2.20. The Kier molecular flexibility index (Phi) is 6.53. The number of hydrogen-bond donors (Lipinski definition) is 2. The summed E-state index contributed by atoms with van der Waals surface area (Å²) in [5.41, 5.74) is -0.475. The molecule has 1 amide bonds. The van der Waals surface area contributed by atoms with Crippen LogP contribution in [-0.2, 0) is 11.3 Å². The van der Waals surface area contributed by atoms with E-state index in [-0.39, 0.29) is 18.2 Å². The van der Waals surface area contributed by atoms with Gasteiger partial charge in [0.05, 0.1) is 17.3 Å². The van der Waals surface area contributed by atoms with E-state index in [1.807, 2.05) is 26.8 Å². The van der Waals surface area contributed by atoms with Gasteiger partial charge in [-0.1, -0.05) is 19.3 Å². The van der Waals surface area contributed by atoms with Gasteiger partial charge in [-0.2, -0.15) is 0 Å². The average Bonchev–Trinajstić information content (AvgIpc) is 2.71. The van der Waals surface area contributed by atoms with E-state index in [9.17, 15) is 4.79 Å². The summed E-state index contributed by atoms with van der Waals surface area (Å²) >= 11 is 3.47. The minimum Gasteiger partial charge on any atom is -0.467 e. The lowest BCUT2D eigenvalue weighted by molar-refractivity contribution is 0.0489. The van der Waals surface area contributed by atoms with Crippen molar-refractivity contribution in [2.45, 2.75) is 77.1 Å². The molecule has 1 aliphatic carbocycles. The van der Waals surface area contributed by atoms with Crippen molar-refractivity contribution < 1.29 is 13.9 Å². The lowest BCUT2D eigenvalue weighted by Crippen LogP contribution is -2.50. The molecule has 1 saturated carbocycles. The average molecular weight is 387 g/mol. The highest BCUT2D eigenvalue weighted by Gasteiger charge is 2.27. The number of carbonyl (C=O) groups excluding carboxylic acids is 1. The molecule has 0 saturated heterocycles. The molecule has 1 aromatic heterocycles. The monoisotopic (exact) mass is 386 g/mol. The first-order valence-corrected chi connectivity index (χ1v) is 9.09. The maximum absolute atomic E-state index is 12.1. The molecular weight excluding hydrogens is 360 g/mol. The third-order valence-electron chi connectivity index (χ3n) is 3.93. The van der Waals surface area contributed by atoms with Crippen molar-refractivity contribution in [2.75, 3.05) is 0 Å². The first-order valence-electron chi connectivity index (χ1n) is 8.30. The van der Waals surface area contributed by atoms with Crippen LogP contribution < -0.4 is 10.6 Å². The highest BCUT2D eigenvalue weighted by atomic mass is 79.9. The second-order valence-electron chi connectivity index (χ2n) is 7.07. The summed E-state index contributed by atoms with van der Waals surface area (Å²) in [6.45, 7) is 6.28. The second kappa shape index (κ2) is 8.20. The molecule has 1 aliphatic rings. The number of amides is 1. The molecule has 1 aromatic rings. The maximum Gasteiger partial charge on any atom is 0.407 e. The lowest BCUT2D eigenvalue weighted by Gasteiger charge is -2.28. The third-order valence-corrected chi connectivity index (χ3v) is 4.64. The van der Waals surface area contributed by atoms with Gasteiger partial charge in [-0.15, -0.1) is 0 Å². The molecule has 0 spiro atoms. The summed E-state index contributed by atoms with van der Waals surface area (Å²) in [5, 5.41) is 6.57. The summed E-state index contributed by atoms with van der Waals surface area (Å²) in [5.74, 6) is 0.880. The fourth-order valence-corrected chi connectivity index (χ4v) is 3.20. The van der Waals surface area contributed by atoms with Crippen LogP contribution in [0.15, 0.2) is 21.2 Å². The number of nitrogens with one attached hydrogen (secondary N) is 2. The standard InChI is InChI=1S/C17H27BrN2O3/c1-17(2,3)23-16(21)20-14-8-6-4-5-7-13(14)19-11-15-12(18)9-10-22-15/h9-10,13-14,19H,4-8,11H2,1-3H3,(H,20,21). The Hall–Kier alpha value is -1.01. The molecule has 1 heterocycles. The smallest absolute Gasteiger partial charge is 0.407 e. The van der Waals surface area contributed by atoms with E-state index < -0.39 is 5.60 Å². The van der Waals surface area contributed by atoms with Gasteiger partial charge in [0.25, 0.3) is 0 Å². The Labute approximate surface area is 146 Å². The number of hydrogen-bond acceptors (Lipinski definition) is 4. The van der Waals surface area contributed by atoms with Gasteiger partial charge < -0.3 is 19.8 Å². The number of ether oxygens (including phenoxy) is 1. The van der Waals surface area contributed by atoms with Gasteiger partial charge in [-0.05, 0) is 55.6 Å². The van der Waals surface area contributed by atoms with E-state index in [4.69, 9.17) is 9.15 Å². The SMILES string of the molecule is CC(C)(C)OC(=O)NC1CCCCCC1NCc1occc1Br. The topological polar surface area (TPSA) is 63.5 Å². The third kappa shape index (κ3) is 6.18. The van der Waals surface area contributed by atoms with E-state index in [1.165, 1.54) is 12.8 Å². The highest BCUT2D eigenvalue weighted by Crippen LogP contribution is 2.21. The Morgan fingerprint density at radius 1 is 1.30 bits per heavy atom. The molecule has 2 N–H and O–H groups in total. The molecule has 1 fully saturated rings. The molecule has 5 nitrogen and oxygen atoms in total. The number of furan rings is 1. The minimum absolute atomic E-state index is 0.0843. The molecule has 0 radical (unpaired) electrons. The van der Waals surface area contributed by atoms with Crippen molar-refractivity contribution in [2.24, 2.45) is 0 Å². The summed E-state index contributed by atoms with van der Waals surface area (Å²) in [7, 11) is 0. The Balaban J connectivity index is 1.93. The van der Waals surface area contributed by atoms with E-state index in [2.05, 4.69) is 26.6 Å². The number of carbonyl (C=O) groups is 1. The summed E-state index contributed by atoms with van der Waals surface area (Å²) < 4.78 is 11.8. The van der Waals surface area contributed by atoms with Crippen LogP contribution in [0.25, 0.3) is 0 Å². The first-order chi connectivity index (χ1) is 10.8. The van der Waals surface area contributed by atoms with Crippen molar-refractivity contribution in [1.82, 2.24) is 10.6 Å². The van der Waals surface area contributed by atoms with Crippen LogP contribution in [-0.4, -0.2) is 23.8 Å². The zero-order valence-corrected chi connectivity index (χ0v) is 15.7. The Morgan fingerprint density at radius 2 is 2.00 bits per heavy atom.